The summed E-state index contributed by atoms with van der Waals surface area (Å²) in [5.74, 6) is 0. The van der Waals surface area contributed by atoms with Crippen molar-refractivity contribution in [2.24, 2.45) is 4.99 Å². The SMILES string of the molecule is CCc1cc(C)cc(CC)c1N=C1CCCc2cccnc21. The molecule has 0 fully saturated rings. The van der Waals surface area contributed by atoms with Crippen molar-refractivity contribution in [3.05, 3.63) is 58.4 Å². The molecule has 0 aliphatic heterocycles. The highest BCUT2D eigenvalue weighted by atomic mass is 14.8. The van der Waals surface area contributed by atoms with Gasteiger partial charge in [0.1, 0.15) is 0 Å². The van der Waals surface area contributed by atoms with Crippen LogP contribution < -0.4 is 0 Å². The molecule has 22 heavy (non-hydrogen) atoms. The number of nitrogens with zero attached hydrogens (tertiary/aromatic N) is 2. The van der Waals surface area contributed by atoms with E-state index in [1.54, 1.807) is 0 Å². The van der Waals surface area contributed by atoms with Crippen molar-refractivity contribution < 1.29 is 0 Å². The lowest BCUT2D eigenvalue weighted by Gasteiger charge is -2.18. The van der Waals surface area contributed by atoms with Crippen LogP contribution >= 0.6 is 0 Å². The van der Waals surface area contributed by atoms with Crippen molar-refractivity contribution in [1.29, 1.82) is 0 Å². The molecule has 0 N–H and O–H groups in total. The van der Waals surface area contributed by atoms with Crippen LogP contribution in [0.1, 0.15) is 54.6 Å². The van der Waals surface area contributed by atoms with Crippen LogP contribution in [0.2, 0.25) is 0 Å². The summed E-state index contributed by atoms with van der Waals surface area (Å²) >= 11 is 0. The Morgan fingerprint density at radius 3 is 2.50 bits per heavy atom. The van der Waals surface area contributed by atoms with E-state index in [0.717, 1.165) is 37.1 Å². The van der Waals surface area contributed by atoms with Gasteiger partial charge >= 0.3 is 0 Å². The Kier molecular flexibility index (Phi) is 4.37. The van der Waals surface area contributed by atoms with Crippen LogP contribution in [0.15, 0.2) is 35.5 Å². The van der Waals surface area contributed by atoms with Gasteiger partial charge in [-0.25, -0.2) is 0 Å². The van der Waals surface area contributed by atoms with Crippen LogP contribution in [-0.4, -0.2) is 10.7 Å². The van der Waals surface area contributed by atoms with E-state index >= 15 is 0 Å². The zero-order valence-corrected chi connectivity index (χ0v) is 13.8. The van der Waals surface area contributed by atoms with Gasteiger partial charge in [-0.3, -0.25) is 9.98 Å². The van der Waals surface area contributed by atoms with Crippen LogP contribution in [0.3, 0.4) is 0 Å². The Morgan fingerprint density at radius 1 is 1.09 bits per heavy atom. The second-order valence-electron chi connectivity index (χ2n) is 6.06. The first-order chi connectivity index (χ1) is 10.7. The van der Waals surface area contributed by atoms with Gasteiger partial charge in [-0.1, -0.05) is 37.6 Å². The molecule has 1 aliphatic carbocycles. The molecule has 0 radical (unpaired) electrons. The van der Waals surface area contributed by atoms with E-state index in [4.69, 9.17) is 4.99 Å². The van der Waals surface area contributed by atoms with Crippen LogP contribution in [-0.2, 0) is 19.3 Å². The molecule has 0 bridgehead atoms. The van der Waals surface area contributed by atoms with Gasteiger partial charge < -0.3 is 0 Å². The highest BCUT2D eigenvalue weighted by Gasteiger charge is 2.17. The maximum Gasteiger partial charge on any atom is 0.0876 e. The highest BCUT2D eigenvalue weighted by molar-refractivity contribution is 6.02. The summed E-state index contributed by atoms with van der Waals surface area (Å²) in [7, 11) is 0. The van der Waals surface area contributed by atoms with Crippen LogP contribution in [0.5, 0.6) is 0 Å². The Bertz CT molecular complexity index is 688. The minimum Gasteiger partial charge on any atom is -0.255 e. The molecule has 0 unspecified atom stereocenters. The van der Waals surface area contributed by atoms with Gasteiger partial charge in [-0.2, -0.15) is 0 Å². The van der Waals surface area contributed by atoms with Gasteiger partial charge in [0, 0.05) is 6.20 Å². The molecule has 2 nitrogen and oxygen atoms in total. The van der Waals surface area contributed by atoms with E-state index in [1.165, 1.54) is 34.4 Å². The number of rotatable bonds is 3. The fraction of sp³-hybridized carbons (Fsp3) is 0.400. The summed E-state index contributed by atoms with van der Waals surface area (Å²) in [6.07, 6.45) is 7.26. The zero-order chi connectivity index (χ0) is 15.5. The van der Waals surface area contributed by atoms with E-state index in [1.807, 2.05) is 12.3 Å². The Morgan fingerprint density at radius 2 is 1.82 bits per heavy atom. The van der Waals surface area contributed by atoms with Crippen LogP contribution in [0, 0.1) is 6.92 Å². The third-order valence-electron chi connectivity index (χ3n) is 4.45. The van der Waals surface area contributed by atoms with Gasteiger partial charge in [0.2, 0.25) is 0 Å². The van der Waals surface area contributed by atoms with Gasteiger partial charge in [0.05, 0.1) is 17.1 Å². The predicted octanol–water partition coefficient (Wildman–Crippen LogP) is 4.97. The van der Waals surface area contributed by atoms with Gasteiger partial charge in [0.15, 0.2) is 0 Å². The fourth-order valence-electron chi connectivity index (χ4n) is 3.33. The normalized spacial score (nSPS) is 15.9. The van der Waals surface area contributed by atoms with E-state index < -0.39 is 0 Å². The lowest BCUT2D eigenvalue weighted by Crippen LogP contribution is -2.14. The molecule has 0 atom stereocenters. The quantitative estimate of drug-likeness (QED) is 0.784. The number of benzene rings is 1. The standard InChI is InChI=1S/C20H24N2/c1-4-15-12-14(3)13-16(5-2)19(15)22-18-10-6-8-17-9-7-11-21-20(17)18/h7,9,11-13H,4-6,8,10H2,1-3H3. The van der Waals surface area contributed by atoms with E-state index in [9.17, 15) is 0 Å². The molecule has 1 aliphatic rings. The van der Waals surface area contributed by atoms with Crippen molar-refractivity contribution in [3.8, 4) is 0 Å². The van der Waals surface area contributed by atoms with Gasteiger partial charge in [-0.15, -0.1) is 0 Å². The Labute approximate surface area is 133 Å². The molecule has 1 aromatic heterocycles. The molecule has 2 aromatic rings. The topological polar surface area (TPSA) is 25.2 Å². The maximum atomic E-state index is 5.10. The van der Waals surface area contributed by atoms with Gasteiger partial charge in [0.25, 0.3) is 0 Å². The third kappa shape index (κ3) is 2.83. The number of aromatic nitrogens is 1. The largest absolute Gasteiger partial charge is 0.255 e. The minimum atomic E-state index is 1.02. The van der Waals surface area contributed by atoms with Crippen LogP contribution in [0.25, 0.3) is 0 Å². The van der Waals surface area contributed by atoms with E-state index in [2.05, 4.69) is 44.0 Å². The smallest absolute Gasteiger partial charge is 0.0876 e. The number of pyridine rings is 1. The summed E-state index contributed by atoms with van der Waals surface area (Å²) in [6.45, 7) is 6.60. The first kappa shape index (κ1) is 15.0. The molecule has 3 rings (SSSR count). The maximum absolute atomic E-state index is 5.10. The van der Waals surface area contributed by atoms with Crippen molar-refractivity contribution in [1.82, 2.24) is 4.98 Å². The Hall–Kier alpha value is -1.96. The zero-order valence-electron chi connectivity index (χ0n) is 13.8. The van der Waals surface area contributed by atoms with Gasteiger partial charge in [-0.05, 0) is 61.8 Å². The highest BCUT2D eigenvalue weighted by Crippen LogP contribution is 2.30. The number of aliphatic imine (C=N–C) groups is 1. The number of aryl methyl sites for hydroxylation is 4. The first-order valence-corrected chi connectivity index (χ1v) is 8.37. The molecule has 0 amide bonds. The summed E-state index contributed by atoms with van der Waals surface area (Å²) in [6, 6.07) is 8.78. The predicted molar refractivity (Wildman–Crippen MR) is 93.3 cm³/mol. The molecule has 1 heterocycles. The average Bonchev–Trinajstić information content (AvgIpc) is 2.56. The minimum absolute atomic E-state index is 1.02. The van der Waals surface area contributed by atoms with Crippen molar-refractivity contribution in [2.75, 3.05) is 0 Å². The number of fused-ring (bicyclic) bond motifs is 1. The number of hydrogen-bond acceptors (Lipinski definition) is 2. The molecule has 114 valence electrons. The van der Waals surface area contributed by atoms with Crippen molar-refractivity contribution >= 4 is 11.4 Å². The van der Waals surface area contributed by atoms with E-state index in [0.29, 0.717) is 0 Å². The average molecular weight is 292 g/mol. The molecular weight excluding hydrogens is 268 g/mol. The molecule has 0 spiro atoms. The van der Waals surface area contributed by atoms with Crippen LogP contribution in [0.4, 0.5) is 5.69 Å². The molecule has 0 saturated heterocycles. The molecule has 0 saturated carbocycles. The molecule has 2 heteroatoms. The lowest BCUT2D eigenvalue weighted by atomic mass is 9.93. The summed E-state index contributed by atoms with van der Waals surface area (Å²) < 4.78 is 0. The monoisotopic (exact) mass is 292 g/mol. The van der Waals surface area contributed by atoms with Crippen molar-refractivity contribution in [2.45, 2.75) is 52.9 Å². The lowest BCUT2D eigenvalue weighted by molar-refractivity contribution is 0.826. The number of hydrogen-bond donors (Lipinski definition) is 0. The summed E-state index contributed by atoms with van der Waals surface area (Å²) in [5, 5.41) is 0. The second-order valence-corrected chi connectivity index (χ2v) is 6.06. The first-order valence-electron chi connectivity index (χ1n) is 8.37. The molecule has 1 aromatic carbocycles. The van der Waals surface area contributed by atoms with Crippen molar-refractivity contribution in [3.63, 3.8) is 0 Å². The molecular formula is C20H24N2. The second kappa shape index (κ2) is 6.43. The summed E-state index contributed by atoms with van der Waals surface area (Å²) in [4.78, 5) is 9.69. The van der Waals surface area contributed by atoms with E-state index in [-0.39, 0.29) is 0 Å². The summed E-state index contributed by atoms with van der Waals surface area (Å²) in [5.41, 5.74) is 8.84. The Balaban J connectivity index is 2.14. The third-order valence-corrected chi connectivity index (χ3v) is 4.45. The fourth-order valence-corrected chi connectivity index (χ4v) is 3.33.